The lowest BCUT2D eigenvalue weighted by molar-refractivity contribution is -0.331. The third-order valence-electron chi connectivity index (χ3n) is 4.14. The van der Waals surface area contributed by atoms with Gasteiger partial charge in [0.25, 0.3) is 0 Å². The Kier molecular flexibility index (Phi) is 5.62. The smallest absolute Gasteiger partial charge is 0.183 e. The predicted octanol–water partition coefficient (Wildman–Crippen LogP) is 0.752. The van der Waals surface area contributed by atoms with Crippen molar-refractivity contribution in [2.24, 2.45) is 17.3 Å². The molecule has 0 aromatic heterocycles. The average Bonchev–Trinajstić information content (AvgIpc) is 2.47. The number of hydrogen-bond acceptors (Lipinski definition) is 6. The molecule has 0 radical (unpaired) electrons. The molecule has 0 aromatic carbocycles. The van der Waals surface area contributed by atoms with E-state index in [1.165, 1.54) is 0 Å². The molecular formula is C15H28O6. The van der Waals surface area contributed by atoms with Crippen LogP contribution in [-0.2, 0) is 18.9 Å². The minimum atomic E-state index is -0.636. The van der Waals surface area contributed by atoms with Gasteiger partial charge in [-0.05, 0) is 11.8 Å². The van der Waals surface area contributed by atoms with E-state index in [-0.39, 0.29) is 17.3 Å². The standard InChI is InChI=1S/C15H28O6/c1-9(2)11(16)13-18-5-15(6-19-13)7-20-14(21-8-15)12(17)10(3)4/h9-14,16-17H,5-8H2,1-4H3. The fraction of sp³-hybridized carbons (Fsp3) is 1.00. The second-order valence-corrected chi connectivity index (χ2v) is 6.95. The van der Waals surface area contributed by atoms with E-state index in [0.29, 0.717) is 26.4 Å². The molecule has 124 valence electrons. The maximum Gasteiger partial charge on any atom is 0.183 e. The Hall–Kier alpha value is -0.240. The lowest BCUT2D eigenvalue weighted by atomic mass is 9.90. The van der Waals surface area contributed by atoms with Crippen molar-refractivity contribution in [2.75, 3.05) is 26.4 Å². The highest BCUT2D eigenvalue weighted by Crippen LogP contribution is 2.32. The van der Waals surface area contributed by atoms with Crippen molar-refractivity contribution in [1.29, 1.82) is 0 Å². The molecule has 2 unspecified atom stereocenters. The van der Waals surface area contributed by atoms with Crippen molar-refractivity contribution in [3.63, 3.8) is 0 Å². The summed E-state index contributed by atoms with van der Waals surface area (Å²) in [7, 11) is 0. The summed E-state index contributed by atoms with van der Waals surface area (Å²) in [6.07, 6.45) is -2.45. The van der Waals surface area contributed by atoms with E-state index >= 15 is 0 Å². The first-order valence-electron chi connectivity index (χ1n) is 7.67. The Bertz CT molecular complexity index is 281. The zero-order valence-electron chi connectivity index (χ0n) is 13.3. The number of aliphatic hydroxyl groups excluding tert-OH is 2. The van der Waals surface area contributed by atoms with E-state index in [1.54, 1.807) is 0 Å². The second-order valence-electron chi connectivity index (χ2n) is 6.95. The van der Waals surface area contributed by atoms with Gasteiger partial charge in [-0.2, -0.15) is 0 Å². The SMILES string of the molecule is CC(C)C(O)C1OCC2(CO1)COC(C(O)C(C)C)OC2. The molecule has 0 aromatic rings. The second kappa shape index (κ2) is 6.89. The molecule has 1 spiro atoms. The maximum absolute atomic E-state index is 9.97. The molecule has 2 aliphatic heterocycles. The maximum atomic E-state index is 9.97. The van der Waals surface area contributed by atoms with Crippen LogP contribution in [-0.4, -0.2) is 61.4 Å². The first-order chi connectivity index (χ1) is 9.84. The monoisotopic (exact) mass is 304 g/mol. The van der Waals surface area contributed by atoms with E-state index < -0.39 is 24.8 Å². The van der Waals surface area contributed by atoms with Crippen LogP contribution in [0.2, 0.25) is 0 Å². The van der Waals surface area contributed by atoms with Gasteiger partial charge < -0.3 is 29.2 Å². The lowest BCUT2D eigenvalue weighted by Gasteiger charge is -2.45. The Balaban J connectivity index is 1.83. The largest absolute Gasteiger partial charge is 0.388 e. The minimum Gasteiger partial charge on any atom is -0.388 e. The fourth-order valence-corrected chi connectivity index (χ4v) is 2.40. The Morgan fingerprint density at radius 1 is 0.714 bits per heavy atom. The molecule has 2 N–H and O–H groups in total. The zero-order valence-corrected chi connectivity index (χ0v) is 13.3. The summed E-state index contributed by atoms with van der Waals surface area (Å²) in [6, 6.07) is 0. The molecule has 6 nitrogen and oxygen atoms in total. The molecule has 2 heterocycles. The number of aliphatic hydroxyl groups is 2. The zero-order chi connectivity index (χ0) is 15.6. The summed E-state index contributed by atoms with van der Waals surface area (Å²) in [5, 5.41) is 19.9. The van der Waals surface area contributed by atoms with E-state index in [9.17, 15) is 10.2 Å². The molecule has 6 heteroatoms. The van der Waals surface area contributed by atoms with Gasteiger partial charge >= 0.3 is 0 Å². The average molecular weight is 304 g/mol. The number of ether oxygens (including phenoxy) is 4. The Labute approximate surface area is 126 Å². The van der Waals surface area contributed by atoms with E-state index in [1.807, 2.05) is 27.7 Å². The van der Waals surface area contributed by atoms with Crippen molar-refractivity contribution < 1.29 is 29.2 Å². The summed E-state index contributed by atoms with van der Waals surface area (Å²) in [5.41, 5.74) is -0.347. The van der Waals surface area contributed by atoms with Crippen LogP contribution in [0.4, 0.5) is 0 Å². The quantitative estimate of drug-likeness (QED) is 0.798. The fourth-order valence-electron chi connectivity index (χ4n) is 2.40. The van der Waals surface area contributed by atoms with E-state index in [0.717, 1.165) is 0 Å². The molecule has 2 aliphatic rings. The van der Waals surface area contributed by atoms with Crippen molar-refractivity contribution in [2.45, 2.75) is 52.5 Å². The molecule has 2 saturated heterocycles. The number of rotatable bonds is 4. The van der Waals surface area contributed by atoms with Crippen LogP contribution < -0.4 is 0 Å². The molecule has 2 rings (SSSR count). The van der Waals surface area contributed by atoms with Gasteiger partial charge in [0.2, 0.25) is 0 Å². The normalized spacial score (nSPS) is 37.1. The lowest BCUT2D eigenvalue weighted by Crippen LogP contribution is -2.56. The van der Waals surface area contributed by atoms with Gasteiger partial charge in [-0.25, -0.2) is 0 Å². The predicted molar refractivity (Wildman–Crippen MR) is 75.5 cm³/mol. The van der Waals surface area contributed by atoms with Gasteiger partial charge in [-0.3, -0.25) is 0 Å². The molecule has 0 aliphatic carbocycles. The summed E-state index contributed by atoms with van der Waals surface area (Å²) < 4.78 is 22.6. The van der Waals surface area contributed by atoms with Gasteiger partial charge in [-0.15, -0.1) is 0 Å². The Morgan fingerprint density at radius 3 is 1.24 bits per heavy atom. The molecule has 2 atom stereocenters. The van der Waals surface area contributed by atoms with Crippen LogP contribution >= 0.6 is 0 Å². The first-order valence-corrected chi connectivity index (χ1v) is 7.67. The highest BCUT2D eigenvalue weighted by molar-refractivity contribution is 4.86. The van der Waals surface area contributed by atoms with E-state index in [4.69, 9.17) is 18.9 Å². The van der Waals surface area contributed by atoms with Crippen LogP contribution in [0.15, 0.2) is 0 Å². The third kappa shape index (κ3) is 3.94. The summed E-state index contributed by atoms with van der Waals surface area (Å²) >= 11 is 0. The van der Waals surface area contributed by atoms with Crippen LogP contribution in [0.1, 0.15) is 27.7 Å². The van der Waals surface area contributed by atoms with Crippen LogP contribution in [0.3, 0.4) is 0 Å². The minimum absolute atomic E-state index is 0.0773. The third-order valence-corrected chi connectivity index (χ3v) is 4.14. The van der Waals surface area contributed by atoms with Gasteiger partial charge in [0.15, 0.2) is 12.6 Å². The molecule has 0 amide bonds. The van der Waals surface area contributed by atoms with Gasteiger partial charge in [0.1, 0.15) is 12.2 Å². The summed E-state index contributed by atoms with van der Waals surface area (Å²) in [6.45, 7) is 9.38. The van der Waals surface area contributed by atoms with E-state index in [2.05, 4.69) is 0 Å². The highest BCUT2D eigenvalue weighted by atomic mass is 16.7. The summed E-state index contributed by atoms with van der Waals surface area (Å²) in [4.78, 5) is 0. The van der Waals surface area contributed by atoms with Crippen LogP contribution in [0.5, 0.6) is 0 Å². The van der Waals surface area contributed by atoms with Gasteiger partial charge in [0, 0.05) is 0 Å². The molecule has 0 bridgehead atoms. The van der Waals surface area contributed by atoms with Gasteiger partial charge in [-0.1, -0.05) is 27.7 Å². The highest BCUT2D eigenvalue weighted by Gasteiger charge is 2.45. The topological polar surface area (TPSA) is 77.4 Å². The van der Waals surface area contributed by atoms with Crippen LogP contribution in [0.25, 0.3) is 0 Å². The molecule has 0 saturated carbocycles. The number of hydrogen-bond donors (Lipinski definition) is 2. The van der Waals surface area contributed by atoms with Crippen LogP contribution in [0, 0.1) is 17.3 Å². The van der Waals surface area contributed by atoms with Crippen molar-refractivity contribution >= 4 is 0 Å². The van der Waals surface area contributed by atoms with Gasteiger partial charge in [0.05, 0.1) is 31.8 Å². The molecule has 21 heavy (non-hydrogen) atoms. The van der Waals surface area contributed by atoms with Crippen molar-refractivity contribution in [3.05, 3.63) is 0 Å². The molecule has 2 fully saturated rings. The van der Waals surface area contributed by atoms with Crippen molar-refractivity contribution in [1.82, 2.24) is 0 Å². The Morgan fingerprint density at radius 2 is 1.00 bits per heavy atom. The molecular weight excluding hydrogens is 276 g/mol. The first kappa shape index (κ1) is 17.1. The van der Waals surface area contributed by atoms with Crippen molar-refractivity contribution in [3.8, 4) is 0 Å². The summed E-state index contributed by atoms with van der Waals surface area (Å²) in [5.74, 6) is 0.155.